The molecule has 0 N–H and O–H groups in total. The average molecular weight is 295 g/mol. The Hall–Kier alpha value is 0.160. The van der Waals surface area contributed by atoms with Gasteiger partial charge in [-0.05, 0) is 31.6 Å². The standard InChI is InChI=1S/C12H23ClN2O2S/c1-11-5-4-7-14(10-11)18(16,17)15-8-3-2-6-12(15)9-13/h11-12H,2-10H2,1H3. The van der Waals surface area contributed by atoms with Gasteiger partial charge in [0.15, 0.2) is 0 Å². The first kappa shape index (κ1) is 14.6. The minimum absolute atomic E-state index is 0.0114. The largest absolute Gasteiger partial charge is 0.282 e. The molecule has 0 amide bonds. The summed E-state index contributed by atoms with van der Waals surface area (Å²) in [5, 5.41) is 0. The first-order valence-corrected chi connectivity index (χ1v) is 8.81. The number of alkyl halides is 1. The van der Waals surface area contributed by atoms with E-state index in [0.717, 1.165) is 32.1 Å². The normalized spacial score (nSPS) is 32.6. The maximum absolute atomic E-state index is 12.6. The van der Waals surface area contributed by atoms with Crippen molar-refractivity contribution in [3.8, 4) is 0 Å². The van der Waals surface area contributed by atoms with E-state index in [1.807, 2.05) is 0 Å². The number of halogens is 1. The molecule has 2 heterocycles. The first-order chi connectivity index (χ1) is 8.55. The Morgan fingerprint density at radius 2 is 1.94 bits per heavy atom. The molecule has 0 spiro atoms. The summed E-state index contributed by atoms with van der Waals surface area (Å²) in [6.45, 7) is 4.08. The third kappa shape index (κ3) is 3.00. The van der Waals surface area contributed by atoms with Crippen molar-refractivity contribution in [3.63, 3.8) is 0 Å². The fourth-order valence-corrected chi connectivity index (χ4v) is 5.35. The Morgan fingerprint density at radius 3 is 2.61 bits per heavy atom. The molecular weight excluding hydrogens is 272 g/mol. The molecule has 2 atom stereocenters. The summed E-state index contributed by atoms with van der Waals surface area (Å²) in [6, 6.07) is -0.0114. The van der Waals surface area contributed by atoms with Crippen LogP contribution < -0.4 is 0 Å². The lowest BCUT2D eigenvalue weighted by molar-refractivity contribution is 0.220. The van der Waals surface area contributed by atoms with Gasteiger partial charge in [0.25, 0.3) is 10.2 Å². The van der Waals surface area contributed by atoms with Gasteiger partial charge in [-0.1, -0.05) is 13.3 Å². The minimum atomic E-state index is -3.30. The number of hydrogen-bond donors (Lipinski definition) is 0. The van der Waals surface area contributed by atoms with Gasteiger partial charge < -0.3 is 0 Å². The first-order valence-electron chi connectivity index (χ1n) is 6.88. The Labute approximate surface area is 115 Å². The highest BCUT2D eigenvalue weighted by molar-refractivity contribution is 7.86. The predicted octanol–water partition coefficient (Wildman–Crippen LogP) is 2.06. The predicted molar refractivity (Wildman–Crippen MR) is 74.0 cm³/mol. The van der Waals surface area contributed by atoms with Gasteiger partial charge in [0.1, 0.15) is 0 Å². The van der Waals surface area contributed by atoms with Crippen LogP contribution in [0.4, 0.5) is 0 Å². The summed E-state index contributed by atoms with van der Waals surface area (Å²) in [5.74, 6) is 0.871. The molecule has 2 rings (SSSR count). The molecule has 2 saturated heterocycles. The van der Waals surface area contributed by atoms with Crippen LogP contribution >= 0.6 is 11.6 Å². The van der Waals surface area contributed by atoms with E-state index in [4.69, 9.17) is 11.6 Å². The minimum Gasteiger partial charge on any atom is -0.195 e. The summed E-state index contributed by atoms with van der Waals surface area (Å²) in [6.07, 6.45) is 5.03. The molecule has 0 radical (unpaired) electrons. The molecule has 0 saturated carbocycles. The third-order valence-electron chi connectivity index (χ3n) is 3.99. The number of nitrogens with zero attached hydrogens (tertiary/aromatic N) is 2. The van der Waals surface area contributed by atoms with E-state index in [0.29, 0.717) is 31.4 Å². The Bertz CT molecular complexity index is 374. The van der Waals surface area contributed by atoms with Crippen LogP contribution in [0.25, 0.3) is 0 Å². The molecule has 0 aliphatic carbocycles. The third-order valence-corrected chi connectivity index (χ3v) is 6.41. The monoisotopic (exact) mass is 294 g/mol. The van der Waals surface area contributed by atoms with Crippen molar-refractivity contribution < 1.29 is 8.42 Å². The maximum atomic E-state index is 12.6. The highest BCUT2D eigenvalue weighted by Gasteiger charge is 2.37. The van der Waals surface area contributed by atoms with E-state index in [1.165, 1.54) is 0 Å². The average Bonchev–Trinajstić information content (AvgIpc) is 2.38. The molecule has 2 fully saturated rings. The molecular formula is C12H23ClN2O2S. The van der Waals surface area contributed by atoms with Crippen molar-refractivity contribution in [1.29, 1.82) is 0 Å². The van der Waals surface area contributed by atoms with Gasteiger partial charge in [0, 0.05) is 31.6 Å². The molecule has 2 unspecified atom stereocenters. The smallest absolute Gasteiger partial charge is 0.195 e. The van der Waals surface area contributed by atoms with Crippen LogP contribution in [0.15, 0.2) is 0 Å². The van der Waals surface area contributed by atoms with Crippen LogP contribution in [0.3, 0.4) is 0 Å². The van der Waals surface area contributed by atoms with Crippen LogP contribution in [0.2, 0.25) is 0 Å². The molecule has 6 heteroatoms. The zero-order chi connectivity index (χ0) is 13.2. The van der Waals surface area contributed by atoms with E-state index in [-0.39, 0.29) is 6.04 Å². The van der Waals surface area contributed by atoms with Crippen LogP contribution in [-0.4, -0.2) is 48.6 Å². The van der Waals surface area contributed by atoms with E-state index >= 15 is 0 Å². The van der Waals surface area contributed by atoms with Crippen LogP contribution in [0.5, 0.6) is 0 Å². The summed E-state index contributed by atoms with van der Waals surface area (Å²) in [4.78, 5) is 0. The van der Waals surface area contributed by atoms with Crippen molar-refractivity contribution >= 4 is 21.8 Å². The Morgan fingerprint density at radius 1 is 1.17 bits per heavy atom. The van der Waals surface area contributed by atoms with Crippen molar-refractivity contribution in [2.24, 2.45) is 5.92 Å². The summed E-state index contributed by atoms with van der Waals surface area (Å²) in [7, 11) is -3.30. The molecule has 18 heavy (non-hydrogen) atoms. The van der Waals surface area contributed by atoms with E-state index in [9.17, 15) is 8.42 Å². The molecule has 106 valence electrons. The van der Waals surface area contributed by atoms with Gasteiger partial charge in [-0.25, -0.2) is 0 Å². The fraction of sp³-hybridized carbons (Fsp3) is 1.00. The molecule has 0 aromatic heterocycles. The van der Waals surface area contributed by atoms with Gasteiger partial charge in [-0.2, -0.15) is 17.0 Å². The Kier molecular flexibility index (Phi) is 4.92. The van der Waals surface area contributed by atoms with Crippen molar-refractivity contribution in [2.45, 2.75) is 45.1 Å². The summed E-state index contributed by atoms with van der Waals surface area (Å²) >= 11 is 5.92. The van der Waals surface area contributed by atoms with Gasteiger partial charge >= 0.3 is 0 Å². The fourth-order valence-electron chi connectivity index (χ4n) is 2.94. The van der Waals surface area contributed by atoms with E-state index in [1.54, 1.807) is 8.61 Å². The van der Waals surface area contributed by atoms with Gasteiger partial charge in [0.05, 0.1) is 0 Å². The highest BCUT2D eigenvalue weighted by Crippen LogP contribution is 2.26. The quantitative estimate of drug-likeness (QED) is 0.748. The number of rotatable bonds is 3. The van der Waals surface area contributed by atoms with Crippen LogP contribution in [0.1, 0.15) is 39.0 Å². The lowest BCUT2D eigenvalue weighted by Crippen LogP contribution is -2.53. The molecule has 4 nitrogen and oxygen atoms in total. The van der Waals surface area contributed by atoms with E-state index < -0.39 is 10.2 Å². The summed E-state index contributed by atoms with van der Waals surface area (Å²) in [5.41, 5.74) is 0. The Balaban J connectivity index is 2.13. The zero-order valence-corrected chi connectivity index (χ0v) is 12.6. The second kappa shape index (κ2) is 6.07. The van der Waals surface area contributed by atoms with Crippen molar-refractivity contribution in [1.82, 2.24) is 8.61 Å². The molecule has 0 aromatic carbocycles. The lowest BCUT2D eigenvalue weighted by atomic mass is 10.0. The zero-order valence-electron chi connectivity index (χ0n) is 11.0. The SMILES string of the molecule is CC1CCCN(S(=O)(=O)N2CCCCC2CCl)C1. The second-order valence-electron chi connectivity index (χ2n) is 5.53. The maximum Gasteiger partial charge on any atom is 0.282 e. The van der Waals surface area contributed by atoms with Gasteiger partial charge in [-0.15, -0.1) is 11.6 Å². The summed E-state index contributed by atoms with van der Waals surface area (Å²) < 4.78 is 28.6. The molecule has 2 aliphatic heterocycles. The lowest BCUT2D eigenvalue weighted by Gasteiger charge is -2.39. The van der Waals surface area contributed by atoms with Crippen molar-refractivity contribution in [2.75, 3.05) is 25.5 Å². The van der Waals surface area contributed by atoms with Gasteiger partial charge in [0.2, 0.25) is 0 Å². The topological polar surface area (TPSA) is 40.6 Å². The van der Waals surface area contributed by atoms with Gasteiger partial charge in [-0.3, -0.25) is 0 Å². The molecule has 2 aliphatic rings. The van der Waals surface area contributed by atoms with Crippen molar-refractivity contribution in [3.05, 3.63) is 0 Å². The van der Waals surface area contributed by atoms with Crippen LogP contribution in [0, 0.1) is 5.92 Å². The second-order valence-corrected chi connectivity index (χ2v) is 7.72. The number of hydrogen-bond acceptors (Lipinski definition) is 2. The number of piperidine rings is 2. The van der Waals surface area contributed by atoms with E-state index in [2.05, 4.69) is 6.92 Å². The highest BCUT2D eigenvalue weighted by atomic mass is 35.5. The van der Waals surface area contributed by atoms with Crippen LogP contribution in [-0.2, 0) is 10.2 Å². The molecule has 0 bridgehead atoms. The molecule has 0 aromatic rings.